The molecule has 0 spiro atoms. The zero-order chi connectivity index (χ0) is 19.1. The number of carbonyl (C=O) groups excluding carboxylic acids is 1. The van der Waals surface area contributed by atoms with Crippen LogP contribution < -0.4 is 4.90 Å². The van der Waals surface area contributed by atoms with Crippen LogP contribution in [0.25, 0.3) is 0 Å². The molecule has 0 radical (unpaired) electrons. The van der Waals surface area contributed by atoms with Crippen LogP contribution in [0.15, 0.2) is 41.6 Å². The molecular weight excluding hydrogens is 382 g/mol. The number of ether oxygens (including phenoxy) is 1. The molecule has 0 N–H and O–H groups in total. The van der Waals surface area contributed by atoms with Gasteiger partial charge in [0.2, 0.25) is 0 Å². The summed E-state index contributed by atoms with van der Waals surface area (Å²) in [7, 11) is 0. The smallest absolute Gasteiger partial charge is 0.316 e. The lowest BCUT2D eigenvalue weighted by Crippen LogP contribution is -2.35. The average Bonchev–Trinajstić information content (AvgIpc) is 2.68. The van der Waals surface area contributed by atoms with Gasteiger partial charge in [-0.15, -0.1) is 0 Å². The maximum atomic E-state index is 11.5. The second kappa shape index (κ2) is 9.95. The number of piperidine rings is 1. The van der Waals surface area contributed by atoms with Gasteiger partial charge in [-0.2, -0.15) is 0 Å². The van der Waals surface area contributed by atoms with Crippen LogP contribution in [0.4, 0.5) is 5.82 Å². The van der Waals surface area contributed by atoms with Crippen LogP contribution in [0, 0.1) is 5.92 Å². The van der Waals surface area contributed by atoms with Gasteiger partial charge in [0.1, 0.15) is 11.0 Å². The van der Waals surface area contributed by atoms with Crippen molar-refractivity contribution < 1.29 is 9.53 Å². The summed E-state index contributed by atoms with van der Waals surface area (Å²) >= 11 is 7.43. The fourth-order valence-electron chi connectivity index (χ4n) is 3.25. The number of rotatable bonds is 7. The molecule has 27 heavy (non-hydrogen) atoms. The maximum Gasteiger partial charge on any atom is 0.316 e. The van der Waals surface area contributed by atoms with E-state index in [0.29, 0.717) is 22.8 Å². The standard InChI is InChI=1S/C20H24ClN3O2S/c1-2-26-19(25)14-27-20-22-17(21)13-18(23-20)24-10-8-16(9-11-24)12-15-6-4-3-5-7-15/h3-7,13,16H,2,8-12,14H2,1H3. The van der Waals surface area contributed by atoms with Crippen molar-refractivity contribution >= 4 is 35.1 Å². The molecule has 2 aromatic rings. The fraction of sp³-hybridized carbons (Fsp3) is 0.450. The van der Waals surface area contributed by atoms with E-state index in [-0.39, 0.29) is 11.7 Å². The predicted octanol–water partition coefficient (Wildman–Crippen LogP) is 4.24. The van der Waals surface area contributed by atoms with E-state index in [1.807, 2.05) is 0 Å². The Hall–Kier alpha value is -1.79. The van der Waals surface area contributed by atoms with Crippen molar-refractivity contribution in [1.29, 1.82) is 0 Å². The number of carbonyl (C=O) groups is 1. The van der Waals surface area contributed by atoms with Gasteiger partial charge in [-0.05, 0) is 37.7 Å². The topological polar surface area (TPSA) is 55.3 Å². The Kier molecular flexibility index (Phi) is 7.35. The molecule has 0 amide bonds. The number of halogens is 1. The third kappa shape index (κ3) is 6.11. The van der Waals surface area contributed by atoms with Crippen molar-refractivity contribution in [3.05, 3.63) is 47.1 Å². The predicted molar refractivity (Wildman–Crippen MR) is 109 cm³/mol. The molecule has 144 valence electrons. The van der Waals surface area contributed by atoms with E-state index in [9.17, 15) is 4.79 Å². The third-order valence-electron chi connectivity index (χ3n) is 4.59. The van der Waals surface area contributed by atoms with Crippen molar-refractivity contribution in [2.24, 2.45) is 5.92 Å². The third-order valence-corrected chi connectivity index (χ3v) is 5.61. The van der Waals surface area contributed by atoms with Gasteiger partial charge in [0.25, 0.3) is 0 Å². The van der Waals surface area contributed by atoms with Gasteiger partial charge in [-0.3, -0.25) is 4.79 Å². The van der Waals surface area contributed by atoms with Crippen LogP contribution in [-0.4, -0.2) is 41.4 Å². The molecule has 0 saturated carbocycles. The summed E-state index contributed by atoms with van der Waals surface area (Å²) in [6.45, 7) is 4.07. The van der Waals surface area contributed by atoms with E-state index in [0.717, 1.165) is 38.2 Å². The highest BCUT2D eigenvalue weighted by atomic mass is 35.5. The molecule has 0 bridgehead atoms. The molecule has 1 saturated heterocycles. The molecule has 7 heteroatoms. The Morgan fingerprint density at radius 1 is 1.26 bits per heavy atom. The Morgan fingerprint density at radius 2 is 2.00 bits per heavy atom. The number of hydrogen-bond acceptors (Lipinski definition) is 6. The minimum absolute atomic E-state index is 0.187. The number of esters is 1. The SMILES string of the molecule is CCOC(=O)CSc1nc(Cl)cc(N2CCC(Cc3ccccc3)CC2)n1. The van der Waals surface area contributed by atoms with Crippen molar-refractivity contribution in [1.82, 2.24) is 9.97 Å². The number of thioether (sulfide) groups is 1. The summed E-state index contributed by atoms with van der Waals surface area (Å²) in [5.41, 5.74) is 1.40. The highest BCUT2D eigenvalue weighted by Gasteiger charge is 2.21. The van der Waals surface area contributed by atoms with Crippen molar-refractivity contribution in [3.63, 3.8) is 0 Å². The first-order valence-corrected chi connectivity index (χ1v) is 10.6. The Labute approximate surface area is 169 Å². The summed E-state index contributed by atoms with van der Waals surface area (Å²) < 4.78 is 4.94. The zero-order valence-corrected chi connectivity index (χ0v) is 17.0. The molecule has 5 nitrogen and oxygen atoms in total. The lowest BCUT2D eigenvalue weighted by Gasteiger charge is -2.33. The number of nitrogens with zero attached hydrogens (tertiary/aromatic N) is 3. The summed E-state index contributed by atoms with van der Waals surface area (Å²) in [5.74, 6) is 1.44. The van der Waals surface area contributed by atoms with Gasteiger partial charge in [0, 0.05) is 19.2 Å². The van der Waals surface area contributed by atoms with Gasteiger partial charge in [-0.25, -0.2) is 9.97 Å². The Bertz CT molecular complexity index is 752. The minimum atomic E-state index is -0.269. The molecule has 3 rings (SSSR count). The van der Waals surface area contributed by atoms with Crippen LogP contribution in [0.3, 0.4) is 0 Å². The zero-order valence-electron chi connectivity index (χ0n) is 15.4. The second-order valence-electron chi connectivity index (χ2n) is 6.55. The molecule has 1 aliphatic heterocycles. The number of aromatic nitrogens is 2. The van der Waals surface area contributed by atoms with E-state index < -0.39 is 0 Å². The van der Waals surface area contributed by atoms with E-state index in [1.54, 1.807) is 13.0 Å². The van der Waals surface area contributed by atoms with Gasteiger partial charge in [0.15, 0.2) is 5.16 Å². The largest absolute Gasteiger partial charge is 0.465 e. The molecule has 0 aliphatic carbocycles. The number of anilines is 1. The van der Waals surface area contributed by atoms with Crippen LogP contribution in [0.1, 0.15) is 25.3 Å². The quantitative estimate of drug-likeness (QED) is 0.297. The first kappa shape index (κ1) is 20.0. The molecule has 1 aromatic heterocycles. The van der Waals surface area contributed by atoms with Gasteiger partial charge in [0.05, 0.1) is 12.4 Å². The minimum Gasteiger partial charge on any atom is -0.465 e. The van der Waals surface area contributed by atoms with Crippen molar-refractivity contribution in [3.8, 4) is 0 Å². The van der Waals surface area contributed by atoms with Gasteiger partial charge in [-0.1, -0.05) is 53.7 Å². The average molecular weight is 406 g/mol. The van der Waals surface area contributed by atoms with Gasteiger partial charge >= 0.3 is 5.97 Å². The highest BCUT2D eigenvalue weighted by molar-refractivity contribution is 7.99. The molecule has 1 fully saturated rings. The summed E-state index contributed by atoms with van der Waals surface area (Å²) in [6, 6.07) is 12.5. The molecule has 1 aromatic carbocycles. The monoisotopic (exact) mass is 405 g/mol. The molecule has 0 atom stereocenters. The molecule has 1 aliphatic rings. The highest BCUT2D eigenvalue weighted by Crippen LogP contribution is 2.27. The fourth-order valence-corrected chi connectivity index (χ4v) is 4.13. The van der Waals surface area contributed by atoms with Crippen LogP contribution >= 0.6 is 23.4 Å². The Balaban J connectivity index is 1.56. The van der Waals surface area contributed by atoms with Gasteiger partial charge < -0.3 is 9.64 Å². The molecule has 2 heterocycles. The van der Waals surface area contributed by atoms with Crippen LogP contribution in [0.5, 0.6) is 0 Å². The maximum absolute atomic E-state index is 11.5. The van der Waals surface area contributed by atoms with E-state index in [1.165, 1.54) is 17.3 Å². The van der Waals surface area contributed by atoms with Crippen molar-refractivity contribution in [2.45, 2.75) is 31.3 Å². The van der Waals surface area contributed by atoms with Crippen LogP contribution in [-0.2, 0) is 16.0 Å². The van der Waals surface area contributed by atoms with E-state index >= 15 is 0 Å². The molecular formula is C20H24ClN3O2S. The normalized spacial score (nSPS) is 15.0. The van der Waals surface area contributed by atoms with E-state index in [4.69, 9.17) is 16.3 Å². The van der Waals surface area contributed by atoms with Crippen LogP contribution in [0.2, 0.25) is 5.15 Å². The van der Waals surface area contributed by atoms with E-state index in [2.05, 4.69) is 45.2 Å². The Morgan fingerprint density at radius 3 is 2.70 bits per heavy atom. The van der Waals surface area contributed by atoms with Crippen molar-refractivity contribution in [2.75, 3.05) is 30.3 Å². The number of benzene rings is 1. The lowest BCUT2D eigenvalue weighted by molar-refractivity contribution is -0.139. The summed E-state index contributed by atoms with van der Waals surface area (Å²) in [6.07, 6.45) is 3.38. The second-order valence-corrected chi connectivity index (χ2v) is 7.88. The summed E-state index contributed by atoms with van der Waals surface area (Å²) in [4.78, 5) is 22.6. The summed E-state index contributed by atoms with van der Waals surface area (Å²) in [5, 5.41) is 0.912. The lowest BCUT2D eigenvalue weighted by atomic mass is 9.90. The first-order valence-electron chi connectivity index (χ1n) is 9.26. The first-order chi connectivity index (χ1) is 13.1. The number of hydrogen-bond donors (Lipinski definition) is 0. The molecule has 0 unspecified atom stereocenters.